The second kappa shape index (κ2) is 10.9. The van der Waals surface area contributed by atoms with E-state index in [9.17, 15) is 24.5 Å². The molecule has 1 aliphatic rings. The molecule has 4 rings (SSSR count). The standard InChI is InChI=1S/C26H19BrClN3O6/c1-2-37-23-12-15(11-21(27)19(23)13-16-6-3-4-9-22(16)28)10-20-24(32)29-26(34)30(25(20)33)17-7-5-8-18(14-17)31(35)36/h3-12,14H,2,13H2,1H3,(H,29,32,34)/b20-10+. The van der Waals surface area contributed by atoms with Gasteiger partial charge in [-0.05, 0) is 48.4 Å². The number of halogens is 2. The first-order valence-corrected chi connectivity index (χ1v) is 12.2. The summed E-state index contributed by atoms with van der Waals surface area (Å²) < 4.78 is 6.51. The topological polar surface area (TPSA) is 119 Å². The molecular weight excluding hydrogens is 566 g/mol. The number of imide groups is 2. The lowest BCUT2D eigenvalue weighted by Gasteiger charge is -2.26. The minimum Gasteiger partial charge on any atom is -0.494 e. The number of urea groups is 1. The molecule has 1 aliphatic heterocycles. The van der Waals surface area contributed by atoms with Gasteiger partial charge >= 0.3 is 6.03 Å². The zero-order valence-electron chi connectivity index (χ0n) is 19.4. The molecule has 0 saturated carbocycles. The van der Waals surface area contributed by atoms with E-state index in [2.05, 4.69) is 21.2 Å². The van der Waals surface area contributed by atoms with E-state index >= 15 is 0 Å². The number of anilines is 1. The molecule has 1 saturated heterocycles. The first-order chi connectivity index (χ1) is 17.7. The minimum atomic E-state index is -1.00. The van der Waals surface area contributed by atoms with Crippen molar-refractivity contribution in [2.45, 2.75) is 13.3 Å². The van der Waals surface area contributed by atoms with Crippen molar-refractivity contribution < 1.29 is 24.0 Å². The number of amides is 4. The number of non-ortho nitro benzene ring substituents is 1. The van der Waals surface area contributed by atoms with Gasteiger partial charge in [0.05, 0.1) is 17.2 Å². The fraction of sp³-hybridized carbons (Fsp3) is 0.115. The quantitative estimate of drug-likeness (QED) is 0.166. The van der Waals surface area contributed by atoms with Crippen LogP contribution in [0.3, 0.4) is 0 Å². The summed E-state index contributed by atoms with van der Waals surface area (Å²) in [4.78, 5) is 49.5. The number of hydrogen-bond acceptors (Lipinski definition) is 6. The van der Waals surface area contributed by atoms with Gasteiger partial charge in [0.2, 0.25) is 0 Å². The van der Waals surface area contributed by atoms with Crippen LogP contribution in [0, 0.1) is 10.1 Å². The Morgan fingerprint density at radius 3 is 2.57 bits per heavy atom. The van der Waals surface area contributed by atoms with Gasteiger partial charge in [0.25, 0.3) is 17.5 Å². The largest absolute Gasteiger partial charge is 0.494 e. The van der Waals surface area contributed by atoms with Crippen LogP contribution in [0.2, 0.25) is 5.02 Å². The molecule has 1 heterocycles. The number of rotatable bonds is 7. The second-order valence-electron chi connectivity index (χ2n) is 7.92. The molecule has 0 bridgehead atoms. The van der Waals surface area contributed by atoms with Gasteiger partial charge in [0.15, 0.2) is 0 Å². The third-order valence-electron chi connectivity index (χ3n) is 5.51. The van der Waals surface area contributed by atoms with Crippen molar-refractivity contribution in [1.29, 1.82) is 0 Å². The molecule has 0 aromatic heterocycles. The van der Waals surface area contributed by atoms with Crippen molar-refractivity contribution in [2.24, 2.45) is 0 Å². The Bertz CT molecular complexity index is 1470. The van der Waals surface area contributed by atoms with E-state index in [-0.39, 0.29) is 16.9 Å². The highest BCUT2D eigenvalue weighted by atomic mass is 79.9. The molecular formula is C26H19BrClN3O6. The van der Waals surface area contributed by atoms with Gasteiger partial charge < -0.3 is 4.74 Å². The third kappa shape index (κ3) is 5.55. The van der Waals surface area contributed by atoms with Gasteiger partial charge in [0, 0.05) is 33.6 Å². The van der Waals surface area contributed by atoms with E-state index in [0.29, 0.717) is 38.7 Å². The van der Waals surface area contributed by atoms with Crippen molar-refractivity contribution in [2.75, 3.05) is 11.5 Å². The molecule has 37 heavy (non-hydrogen) atoms. The number of benzene rings is 3. The van der Waals surface area contributed by atoms with Gasteiger partial charge in [-0.25, -0.2) is 9.69 Å². The molecule has 4 amide bonds. The summed E-state index contributed by atoms with van der Waals surface area (Å²) in [6.45, 7) is 2.20. The van der Waals surface area contributed by atoms with Crippen molar-refractivity contribution in [1.82, 2.24) is 5.32 Å². The lowest BCUT2D eigenvalue weighted by Crippen LogP contribution is -2.54. The maximum Gasteiger partial charge on any atom is 0.335 e. The summed E-state index contributed by atoms with van der Waals surface area (Å²) in [5.74, 6) is -1.27. The highest BCUT2D eigenvalue weighted by Gasteiger charge is 2.37. The van der Waals surface area contributed by atoms with Crippen LogP contribution in [0.15, 0.2) is 70.7 Å². The molecule has 0 atom stereocenters. The summed E-state index contributed by atoms with van der Waals surface area (Å²) in [5, 5.41) is 13.9. The Morgan fingerprint density at radius 2 is 1.86 bits per heavy atom. The van der Waals surface area contributed by atoms with E-state index in [1.807, 2.05) is 25.1 Å². The van der Waals surface area contributed by atoms with Crippen molar-refractivity contribution in [3.8, 4) is 5.75 Å². The van der Waals surface area contributed by atoms with E-state index in [1.165, 1.54) is 24.3 Å². The van der Waals surface area contributed by atoms with Crippen LogP contribution < -0.4 is 15.0 Å². The van der Waals surface area contributed by atoms with Crippen LogP contribution in [-0.2, 0) is 16.0 Å². The maximum absolute atomic E-state index is 13.2. The highest BCUT2D eigenvalue weighted by molar-refractivity contribution is 9.10. The third-order valence-corrected chi connectivity index (χ3v) is 6.59. The molecule has 11 heteroatoms. The normalized spacial score (nSPS) is 14.6. The number of carbonyl (C=O) groups excluding carboxylic acids is 3. The van der Waals surface area contributed by atoms with Crippen LogP contribution in [0.25, 0.3) is 6.08 Å². The Hall–Kier alpha value is -4.02. The Kier molecular flexibility index (Phi) is 7.70. The van der Waals surface area contributed by atoms with Crippen LogP contribution >= 0.6 is 27.5 Å². The average Bonchev–Trinajstić information content (AvgIpc) is 2.85. The molecule has 188 valence electrons. The van der Waals surface area contributed by atoms with E-state index in [1.54, 1.807) is 18.2 Å². The first-order valence-electron chi connectivity index (χ1n) is 11.0. The number of carbonyl (C=O) groups is 3. The Morgan fingerprint density at radius 1 is 1.11 bits per heavy atom. The molecule has 0 unspecified atom stereocenters. The fourth-order valence-corrected chi connectivity index (χ4v) is 4.61. The molecule has 3 aromatic rings. The fourth-order valence-electron chi connectivity index (χ4n) is 3.81. The summed E-state index contributed by atoms with van der Waals surface area (Å²) in [5.41, 5.74) is 1.51. The number of barbiturate groups is 1. The lowest BCUT2D eigenvalue weighted by molar-refractivity contribution is -0.384. The maximum atomic E-state index is 13.2. The van der Waals surface area contributed by atoms with Gasteiger partial charge in [-0.15, -0.1) is 0 Å². The van der Waals surface area contributed by atoms with Crippen molar-refractivity contribution >= 4 is 62.8 Å². The van der Waals surface area contributed by atoms with Gasteiger partial charge in [-0.2, -0.15) is 0 Å². The zero-order valence-corrected chi connectivity index (χ0v) is 21.7. The molecule has 0 aliphatic carbocycles. The highest BCUT2D eigenvalue weighted by Crippen LogP contribution is 2.34. The van der Waals surface area contributed by atoms with Crippen molar-refractivity contribution in [3.05, 3.63) is 103 Å². The van der Waals surface area contributed by atoms with Crippen LogP contribution in [0.1, 0.15) is 23.6 Å². The average molecular weight is 585 g/mol. The number of nitrogens with one attached hydrogen (secondary N) is 1. The number of hydrogen-bond donors (Lipinski definition) is 1. The summed E-state index contributed by atoms with van der Waals surface area (Å²) in [6, 6.07) is 14.9. The predicted molar refractivity (Wildman–Crippen MR) is 142 cm³/mol. The SMILES string of the molecule is CCOc1cc(/C=C2\C(=O)NC(=O)N(c3cccc([N+](=O)[O-])c3)C2=O)cc(Br)c1Cc1ccccc1Cl. The Labute approximate surface area is 225 Å². The number of nitro benzene ring substituents is 1. The molecule has 1 fully saturated rings. The summed E-state index contributed by atoms with van der Waals surface area (Å²) in [7, 11) is 0. The molecule has 0 spiro atoms. The molecule has 1 N–H and O–H groups in total. The predicted octanol–water partition coefficient (Wildman–Crippen LogP) is 5.67. The molecule has 3 aromatic carbocycles. The summed E-state index contributed by atoms with van der Waals surface area (Å²) >= 11 is 9.89. The first kappa shape index (κ1) is 26.1. The van der Waals surface area contributed by atoms with E-state index in [4.69, 9.17) is 16.3 Å². The molecule has 0 radical (unpaired) electrons. The van der Waals surface area contributed by atoms with E-state index in [0.717, 1.165) is 17.2 Å². The monoisotopic (exact) mass is 583 g/mol. The van der Waals surface area contributed by atoms with Gasteiger partial charge in [-0.3, -0.25) is 25.0 Å². The van der Waals surface area contributed by atoms with Crippen LogP contribution in [-0.4, -0.2) is 29.4 Å². The van der Waals surface area contributed by atoms with E-state index < -0.39 is 22.8 Å². The molecule has 9 nitrogen and oxygen atoms in total. The van der Waals surface area contributed by atoms with Crippen LogP contribution in [0.5, 0.6) is 5.75 Å². The number of nitro groups is 1. The van der Waals surface area contributed by atoms with Crippen molar-refractivity contribution in [3.63, 3.8) is 0 Å². The minimum absolute atomic E-state index is 0.0404. The lowest BCUT2D eigenvalue weighted by atomic mass is 10.0. The van der Waals surface area contributed by atoms with Crippen LogP contribution in [0.4, 0.5) is 16.2 Å². The smallest absolute Gasteiger partial charge is 0.335 e. The number of nitrogens with zero attached hydrogens (tertiary/aromatic N) is 2. The summed E-state index contributed by atoms with van der Waals surface area (Å²) in [6.07, 6.45) is 1.81. The second-order valence-corrected chi connectivity index (χ2v) is 9.18. The number of ether oxygens (including phenoxy) is 1. The van der Waals surface area contributed by atoms with Gasteiger partial charge in [-0.1, -0.05) is 51.8 Å². The zero-order chi connectivity index (χ0) is 26.7. The van der Waals surface area contributed by atoms with Gasteiger partial charge in [0.1, 0.15) is 11.3 Å². The Balaban J connectivity index is 1.73.